The first-order chi connectivity index (χ1) is 12.0. The van der Waals surface area contributed by atoms with Crippen LogP contribution >= 0.6 is 11.6 Å². The van der Waals surface area contributed by atoms with E-state index >= 15 is 0 Å². The number of hydrogen-bond acceptors (Lipinski definition) is 5. The second-order valence-electron chi connectivity index (χ2n) is 5.52. The molecule has 4 aromatic rings. The van der Waals surface area contributed by atoms with Gasteiger partial charge in [0.25, 0.3) is 0 Å². The van der Waals surface area contributed by atoms with Gasteiger partial charge in [0.05, 0.1) is 31.6 Å². The van der Waals surface area contributed by atoms with Crippen molar-refractivity contribution in [1.29, 1.82) is 0 Å². The number of aromatic nitrogens is 2. The predicted molar refractivity (Wildman–Crippen MR) is 102 cm³/mol. The van der Waals surface area contributed by atoms with E-state index in [1.165, 1.54) is 0 Å². The molecule has 0 bridgehead atoms. The number of rotatable bonds is 2. The molecule has 0 saturated heterocycles. The van der Waals surface area contributed by atoms with E-state index < -0.39 is 10.8 Å². The molecular formula is C18H13ClN4OS. The fraction of sp³-hybridized carbons (Fsp3) is 0. The Hall–Kier alpha value is -2.70. The largest absolute Gasteiger partial charge is 0.383 e. The Balaban J connectivity index is 1.88. The van der Waals surface area contributed by atoms with Gasteiger partial charge < -0.3 is 11.5 Å². The van der Waals surface area contributed by atoms with Crippen LogP contribution in [0.15, 0.2) is 64.4 Å². The van der Waals surface area contributed by atoms with Gasteiger partial charge in [-0.3, -0.25) is 0 Å². The van der Waals surface area contributed by atoms with Crippen molar-refractivity contribution in [3.05, 3.63) is 59.6 Å². The van der Waals surface area contributed by atoms with Crippen molar-refractivity contribution < 1.29 is 4.21 Å². The summed E-state index contributed by atoms with van der Waals surface area (Å²) in [6, 6.07) is 17.0. The number of nitrogen functional groups attached to an aromatic ring is 2. The monoisotopic (exact) mass is 368 g/mol. The van der Waals surface area contributed by atoms with Gasteiger partial charge in [0, 0.05) is 4.90 Å². The predicted octanol–water partition coefficient (Wildman–Crippen LogP) is 3.77. The molecule has 0 fully saturated rings. The maximum absolute atomic E-state index is 13.1. The Morgan fingerprint density at radius 2 is 1.68 bits per heavy atom. The number of benzene rings is 3. The average Bonchev–Trinajstić information content (AvgIpc) is 2.60. The lowest BCUT2D eigenvalue weighted by Crippen LogP contribution is -2.02. The molecule has 0 aliphatic rings. The van der Waals surface area contributed by atoms with E-state index in [0.717, 1.165) is 10.8 Å². The van der Waals surface area contributed by atoms with E-state index in [9.17, 15) is 4.21 Å². The number of nitrogens with two attached hydrogens (primary N) is 2. The lowest BCUT2D eigenvalue weighted by Gasteiger charge is -2.10. The maximum Gasteiger partial charge on any atom is 0.222 e. The SMILES string of the molecule is Nc1nc(N)c2c(Cl)c(S(=O)c3ccc4ccccc4c3)ccc2n1. The van der Waals surface area contributed by atoms with Crippen LogP contribution in [0, 0.1) is 0 Å². The van der Waals surface area contributed by atoms with Gasteiger partial charge in [0.2, 0.25) is 5.95 Å². The molecule has 1 heterocycles. The van der Waals surface area contributed by atoms with Crippen LogP contribution in [0.1, 0.15) is 0 Å². The highest BCUT2D eigenvalue weighted by Crippen LogP contribution is 2.34. The minimum atomic E-state index is -1.46. The average molecular weight is 369 g/mol. The highest BCUT2D eigenvalue weighted by Gasteiger charge is 2.17. The highest BCUT2D eigenvalue weighted by molar-refractivity contribution is 7.85. The smallest absolute Gasteiger partial charge is 0.222 e. The Labute approximate surface area is 151 Å². The van der Waals surface area contributed by atoms with Crippen LogP contribution in [0.5, 0.6) is 0 Å². The third kappa shape index (κ3) is 2.69. The van der Waals surface area contributed by atoms with Crippen LogP contribution in [0.25, 0.3) is 21.7 Å². The molecule has 7 heteroatoms. The van der Waals surface area contributed by atoms with Crippen LogP contribution in [0.3, 0.4) is 0 Å². The Kier molecular flexibility index (Phi) is 3.78. The molecule has 0 aliphatic heterocycles. The lowest BCUT2D eigenvalue weighted by atomic mass is 10.1. The van der Waals surface area contributed by atoms with Gasteiger partial charge >= 0.3 is 0 Å². The standard InChI is InChI=1S/C18H13ClN4OS/c19-16-14(8-7-13-15(16)17(20)23-18(21)22-13)25(24)12-6-5-10-3-1-2-4-11(10)9-12/h1-9H,(H4,20,21,22,23). The normalized spacial score (nSPS) is 12.5. The fourth-order valence-electron chi connectivity index (χ4n) is 2.76. The second-order valence-corrected chi connectivity index (χ2v) is 7.34. The Morgan fingerprint density at radius 3 is 2.48 bits per heavy atom. The van der Waals surface area contributed by atoms with Crippen molar-refractivity contribution in [2.75, 3.05) is 11.5 Å². The van der Waals surface area contributed by atoms with Crippen molar-refractivity contribution in [3.8, 4) is 0 Å². The van der Waals surface area contributed by atoms with Crippen LogP contribution in [-0.2, 0) is 10.8 Å². The van der Waals surface area contributed by atoms with E-state index in [2.05, 4.69) is 9.97 Å². The molecule has 1 unspecified atom stereocenters. The first-order valence-electron chi connectivity index (χ1n) is 7.46. The van der Waals surface area contributed by atoms with Gasteiger partial charge in [-0.05, 0) is 35.0 Å². The van der Waals surface area contributed by atoms with E-state index in [1.54, 1.807) is 12.1 Å². The van der Waals surface area contributed by atoms with Gasteiger partial charge in [-0.15, -0.1) is 0 Å². The molecule has 0 amide bonds. The van der Waals surface area contributed by atoms with E-state index in [4.69, 9.17) is 23.1 Å². The number of anilines is 2. The first-order valence-corrected chi connectivity index (χ1v) is 8.99. The maximum atomic E-state index is 13.1. The number of fused-ring (bicyclic) bond motifs is 2. The summed E-state index contributed by atoms with van der Waals surface area (Å²) in [5.41, 5.74) is 12.1. The van der Waals surface area contributed by atoms with E-state index in [-0.39, 0.29) is 16.8 Å². The molecule has 0 radical (unpaired) electrons. The quantitative estimate of drug-likeness (QED) is 0.561. The first kappa shape index (κ1) is 15.8. The summed E-state index contributed by atoms with van der Waals surface area (Å²) in [6.07, 6.45) is 0. The third-order valence-corrected chi connectivity index (χ3v) is 5.87. The Bertz CT molecular complexity index is 1160. The van der Waals surface area contributed by atoms with Crippen molar-refractivity contribution in [2.24, 2.45) is 0 Å². The van der Waals surface area contributed by atoms with Crippen LogP contribution in [0.2, 0.25) is 5.02 Å². The summed E-state index contributed by atoms with van der Waals surface area (Å²) in [7, 11) is -1.46. The van der Waals surface area contributed by atoms with Crippen molar-refractivity contribution in [1.82, 2.24) is 9.97 Å². The number of halogens is 1. The van der Waals surface area contributed by atoms with Crippen LogP contribution in [-0.4, -0.2) is 14.2 Å². The number of hydrogen-bond donors (Lipinski definition) is 2. The second kappa shape index (κ2) is 5.98. The zero-order valence-corrected chi connectivity index (χ0v) is 14.5. The van der Waals surface area contributed by atoms with Crippen LogP contribution in [0.4, 0.5) is 11.8 Å². The molecule has 0 saturated carbocycles. The zero-order chi connectivity index (χ0) is 17.6. The fourth-order valence-corrected chi connectivity index (χ4v) is 4.37. The van der Waals surface area contributed by atoms with Crippen molar-refractivity contribution >= 4 is 55.8 Å². The molecule has 3 aromatic carbocycles. The molecule has 1 atom stereocenters. The topological polar surface area (TPSA) is 94.9 Å². The Morgan fingerprint density at radius 1 is 0.920 bits per heavy atom. The van der Waals surface area contributed by atoms with E-state index in [1.807, 2.05) is 42.5 Å². The lowest BCUT2D eigenvalue weighted by molar-refractivity contribution is 0.683. The molecule has 25 heavy (non-hydrogen) atoms. The van der Waals surface area contributed by atoms with Crippen molar-refractivity contribution in [3.63, 3.8) is 0 Å². The van der Waals surface area contributed by atoms with Crippen LogP contribution < -0.4 is 11.5 Å². The molecule has 0 aliphatic carbocycles. The summed E-state index contributed by atoms with van der Waals surface area (Å²) in [5.74, 6) is 0.245. The molecule has 0 spiro atoms. The van der Waals surface area contributed by atoms with E-state index in [0.29, 0.717) is 20.7 Å². The molecule has 1 aromatic heterocycles. The molecule has 5 nitrogen and oxygen atoms in total. The molecule has 4 rings (SSSR count). The number of nitrogens with zero attached hydrogens (tertiary/aromatic N) is 2. The summed E-state index contributed by atoms with van der Waals surface area (Å²) in [6.45, 7) is 0. The summed E-state index contributed by atoms with van der Waals surface area (Å²) < 4.78 is 13.1. The molecule has 124 valence electrons. The molecular weight excluding hydrogens is 356 g/mol. The summed E-state index contributed by atoms with van der Waals surface area (Å²) in [5, 5.41) is 2.84. The van der Waals surface area contributed by atoms with Crippen molar-refractivity contribution in [2.45, 2.75) is 9.79 Å². The minimum absolute atomic E-state index is 0.0736. The van der Waals surface area contributed by atoms with Gasteiger partial charge in [-0.25, -0.2) is 9.19 Å². The minimum Gasteiger partial charge on any atom is -0.383 e. The van der Waals surface area contributed by atoms with Gasteiger partial charge in [0.1, 0.15) is 5.82 Å². The van der Waals surface area contributed by atoms with Gasteiger partial charge in [-0.1, -0.05) is 41.9 Å². The van der Waals surface area contributed by atoms with Gasteiger partial charge in [-0.2, -0.15) is 4.98 Å². The zero-order valence-electron chi connectivity index (χ0n) is 12.9. The summed E-state index contributed by atoms with van der Waals surface area (Å²) >= 11 is 6.47. The van der Waals surface area contributed by atoms with Gasteiger partial charge in [0.15, 0.2) is 0 Å². The third-order valence-electron chi connectivity index (χ3n) is 3.95. The molecule has 4 N–H and O–H groups in total. The summed E-state index contributed by atoms with van der Waals surface area (Å²) in [4.78, 5) is 9.18. The highest BCUT2D eigenvalue weighted by atomic mass is 35.5.